The molecule has 0 radical (unpaired) electrons. The second kappa shape index (κ2) is 4.91. The number of aryl methyl sites for hydroxylation is 1. The van der Waals surface area contributed by atoms with Gasteiger partial charge in [-0.2, -0.15) is 10.4 Å². The number of nitriles is 1. The number of ether oxygens (including phenoxy) is 1. The van der Waals surface area contributed by atoms with Crippen LogP contribution in [0.15, 0.2) is 0 Å². The number of aromatic nitrogens is 2. The van der Waals surface area contributed by atoms with E-state index in [4.69, 9.17) is 4.74 Å². The van der Waals surface area contributed by atoms with Crippen LogP contribution < -0.4 is 4.90 Å². The second-order valence-electron chi connectivity index (χ2n) is 4.88. The lowest BCUT2D eigenvalue weighted by Gasteiger charge is -2.36. The summed E-state index contributed by atoms with van der Waals surface area (Å²) in [6.45, 7) is 9.34. The Balaban J connectivity index is 2.39. The van der Waals surface area contributed by atoms with E-state index in [0.717, 1.165) is 24.3 Å². The first-order chi connectivity index (χ1) is 8.52. The largest absolute Gasteiger partial charge is 0.372 e. The molecular formula is C13H18N4O. The molecule has 1 aromatic rings. The summed E-state index contributed by atoms with van der Waals surface area (Å²) < 4.78 is 5.69. The van der Waals surface area contributed by atoms with Crippen molar-refractivity contribution in [3.63, 3.8) is 0 Å². The molecule has 2 rings (SSSR count). The van der Waals surface area contributed by atoms with Crippen molar-refractivity contribution >= 4 is 5.82 Å². The summed E-state index contributed by atoms with van der Waals surface area (Å²) in [6.07, 6.45) is 0.285. The van der Waals surface area contributed by atoms with Crippen molar-refractivity contribution in [1.82, 2.24) is 10.2 Å². The van der Waals surface area contributed by atoms with Crippen molar-refractivity contribution in [2.75, 3.05) is 18.0 Å². The van der Waals surface area contributed by atoms with E-state index in [1.54, 1.807) is 0 Å². The van der Waals surface area contributed by atoms with Crippen molar-refractivity contribution in [2.24, 2.45) is 0 Å². The molecule has 1 aliphatic heterocycles. The van der Waals surface area contributed by atoms with Gasteiger partial charge in [0.15, 0.2) is 5.82 Å². The molecule has 1 aromatic heterocycles. The molecule has 1 aliphatic rings. The standard InChI is InChI=1S/C13H18N4O/c1-8-6-17(7-9(2)18-8)13-12(5-14)10(3)11(4)15-16-13/h8-9H,6-7H2,1-4H3/t8-,9-/m1/s1. The summed E-state index contributed by atoms with van der Waals surface area (Å²) >= 11 is 0. The van der Waals surface area contributed by atoms with Crippen molar-refractivity contribution < 1.29 is 4.74 Å². The molecule has 0 N–H and O–H groups in total. The smallest absolute Gasteiger partial charge is 0.169 e. The number of anilines is 1. The quantitative estimate of drug-likeness (QED) is 0.752. The number of hydrogen-bond acceptors (Lipinski definition) is 5. The molecule has 18 heavy (non-hydrogen) atoms. The van der Waals surface area contributed by atoms with Gasteiger partial charge in [-0.1, -0.05) is 0 Å². The number of morpholine rings is 1. The second-order valence-corrected chi connectivity index (χ2v) is 4.88. The molecule has 0 bridgehead atoms. The Bertz CT molecular complexity index is 484. The zero-order chi connectivity index (χ0) is 13.3. The van der Waals surface area contributed by atoms with Crippen LogP contribution in [-0.4, -0.2) is 35.5 Å². The molecule has 0 aromatic carbocycles. The summed E-state index contributed by atoms with van der Waals surface area (Å²) in [4.78, 5) is 2.09. The van der Waals surface area contributed by atoms with Crippen LogP contribution >= 0.6 is 0 Å². The molecule has 0 spiro atoms. The fourth-order valence-corrected chi connectivity index (χ4v) is 2.30. The summed E-state index contributed by atoms with van der Waals surface area (Å²) in [6, 6.07) is 2.25. The third-order valence-electron chi connectivity index (χ3n) is 3.27. The minimum absolute atomic E-state index is 0.142. The van der Waals surface area contributed by atoms with Crippen LogP contribution in [0.1, 0.15) is 30.7 Å². The average molecular weight is 246 g/mol. The van der Waals surface area contributed by atoms with E-state index in [0.29, 0.717) is 11.4 Å². The van der Waals surface area contributed by atoms with Crippen molar-refractivity contribution in [1.29, 1.82) is 5.26 Å². The molecule has 0 amide bonds. The third kappa shape index (κ3) is 2.29. The number of nitrogens with zero attached hydrogens (tertiary/aromatic N) is 4. The van der Waals surface area contributed by atoms with Gasteiger partial charge in [-0.3, -0.25) is 0 Å². The highest BCUT2D eigenvalue weighted by Gasteiger charge is 2.26. The summed E-state index contributed by atoms with van der Waals surface area (Å²) in [5.41, 5.74) is 2.35. The molecule has 5 heteroatoms. The molecule has 2 heterocycles. The van der Waals surface area contributed by atoms with Crippen LogP contribution in [0, 0.1) is 25.2 Å². The SMILES string of the molecule is Cc1nnc(N2C[C@@H](C)O[C@H](C)C2)c(C#N)c1C. The molecule has 2 atom stereocenters. The van der Waals surface area contributed by atoms with Gasteiger partial charge in [-0.05, 0) is 33.3 Å². The van der Waals surface area contributed by atoms with Gasteiger partial charge in [0.25, 0.3) is 0 Å². The first-order valence-electron chi connectivity index (χ1n) is 6.17. The normalized spacial score (nSPS) is 23.8. The highest BCUT2D eigenvalue weighted by molar-refractivity contribution is 5.57. The third-order valence-corrected chi connectivity index (χ3v) is 3.27. The summed E-state index contributed by atoms with van der Waals surface area (Å²) in [7, 11) is 0. The van der Waals surface area contributed by atoms with Gasteiger partial charge in [0.1, 0.15) is 11.6 Å². The molecule has 1 fully saturated rings. The Hall–Kier alpha value is -1.67. The molecule has 0 aliphatic carbocycles. The van der Waals surface area contributed by atoms with Crippen molar-refractivity contribution in [3.8, 4) is 6.07 Å². The zero-order valence-electron chi connectivity index (χ0n) is 11.3. The Morgan fingerprint density at radius 3 is 2.39 bits per heavy atom. The Morgan fingerprint density at radius 1 is 1.22 bits per heavy atom. The fraction of sp³-hybridized carbons (Fsp3) is 0.615. The van der Waals surface area contributed by atoms with Crippen molar-refractivity contribution in [3.05, 3.63) is 16.8 Å². The van der Waals surface area contributed by atoms with Crippen molar-refractivity contribution in [2.45, 2.75) is 39.9 Å². The molecule has 5 nitrogen and oxygen atoms in total. The predicted octanol–water partition coefficient (Wildman–Crippen LogP) is 1.58. The van der Waals surface area contributed by atoms with Gasteiger partial charge in [0.2, 0.25) is 0 Å². The van der Waals surface area contributed by atoms with Crippen LogP contribution in [0.5, 0.6) is 0 Å². The van der Waals surface area contributed by atoms with Gasteiger partial charge >= 0.3 is 0 Å². The minimum Gasteiger partial charge on any atom is -0.372 e. The lowest BCUT2D eigenvalue weighted by atomic mass is 10.1. The molecule has 96 valence electrons. The average Bonchev–Trinajstić information content (AvgIpc) is 2.31. The van der Waals surface area contributed by atoms with E-state index in [2.05, 4.69) is 21.2 Å². The maximum atomic E-state index is 9.31. The summed E-state index contributed by atoms with van der Waals surface area (Å²) in [5.74, 6) is 0.683. The molecule has 1 saturated heterocycles. The Kier molecular flexibility index (Phi) is 3.48. The number of rotatable bonds is 1. The topological polar surface area (TPSA) is 62.0 Å². The molecule has 0 unspecified atom stereocenters. The van der Waals surface area contributed by atoms with Gasteiger partial charge in [-0.15, -0.1) is 5.10 Å². The van der Waals surface area contributed by atoms with E-state index < -0.39 is 0 Å². The highest BCUT2D eigenvalue weighted by atomic mass is 16.5. The van der Waals surface area contributed by atoms with Crippen LogP contribution in [0.25, 0.3) is 0 Å². The zero-order valence-corrected chi connectivity index (χ0v) is 11.3. The summed E-state index contributed by atoms with van der Waals surface area (Å²) in [5, 5.41) is 17.6. The van der Waals surface area contributed by atoms with Crippen LogP contribution in [0.4, 0.5) is 5.82 Å². The highest BCUT2D eigenvalue weighted by Crippen LogP contribution is 2.24. The predicted molar refractivity (Wildman–Crippen MR) is 68.4 cm³/mol. The van der Waals surface area contributed by atoms with Crippen LogP contribution in [0.2, 0.25) is 0 Å². The van der Waals surface area contributed by atoms with Gasteiger partial charge in [0.05, 0.1) is 17.9 Å². The van der Waals surface area contributed by atoms with E-state index in [1.807, 2.05) is 27.7 Å². The van der Waals surface area contributed by atoms with Gasteiger partial charge < -0.3 is 9.64 Å². The Labute approximate surface area is 107 Å². The lowest BCUT2D eigenvalue weighted by Crippen LogP contribution is -2.46. The maximum Gasteiger partial charge on any atom is 0.169 e. The minimum atomic E-state index is 0.142. The first-order valence-corrected chi connectivity index (χ1v) is 6.17. The Morgan fingerprint density at radius 2 is 1.83 bits per heavy atom. The van der Waals surface area contributed by atoms with Crippen LogP contribution in [0.3, 0.4) is 0 Å². The fourth-order valence-electron chi connectivity index (χ4n) is 2.30. The van der Waals surface area contributed by atoms with E-state index in [1.165, 1.54) is 0 Å². The van der Waals surface area contributed by atoms with Crippen LogP contribution in [-0.2, 0) is 4.74 Å². The maximum absolute atomic E-state index is 9.31. The van der Waals surface area contributed by atoms with E-state index in [9.17, 15) is 5.26 Å². The van der Waals surface area contributed by atoms with Gasteiger partial charge in [-0.25, -0.2) is 0 Å². The van der Waals surface area contributed by atoms with E-state index in [-0.39, 0.29) is 12.2 Å². The first kappa shape index (κ1) is 12.8. The monoisotopic (exact) mass is 246 g/mol. The van der Waals surface area contributed by atoms with E-state index >= 15 is 0 Å². The molecular weight excluding hydrogens is 228 g/mol. The van der Waals surface area contributed by atoms with Gasteiger partial charge in [0, 0.05) is 13.1 Å². The molecule has 0 saturated carbocycles. The lowest BCUT2D eigenvalue weighted by molar-refractivity contribution is -0.00552. The number of hydrogen-bond donors (Lipinski definition) is 0.